The number of methoxy groups -OCH3 is 1. The van der Waals surface area contributed by atoms with Gasteiger partial charge in [0.05, 0.1) is 13.7 Å². The van der Waals surface area contributed by atoms with E-state index >= 15 is 0 Å². The summed E-state index contributed by atoms with van der Waals surface area (Å²) in [5.74, 6) is 0.301. The molecule has 0 fully saturated rings. The SMILES string of the molecule is COc1ccc(Cn2cc(Cl)nc(-c3cccc(F)c3)c2=O)cc1. The number of aromatic nitrogens is 2. The molecule has 0 amide bonds. The van der Waals surface area contributed by atoms with Gasteiger partial charge in [0.2, 0.25) is 0 Å². The summed E-state index contributed by atoms with van der Waals surface area (Å²) in [6, 6.07) is 13.1. The molecule has 4 nitrogen and oxygen atoms in total. The van der Waals surface area contributed by atoms with Gasteiger partial charge in [0.1, 0.15) is 22.4 Å². The summed E-state index contributed by atoms with van der Waals surface area (Å²) in [5, 5.41) is 0.169. The van der Waals surface area contributed by atoms with E-state index in [1.807, 2.05) is 24.3 Å². The first-order valence-electron chi connectivity index (χ1n) is 7.22. The van der Waals surface area contributed by atoms with Gasteiger partial charge in [-0.1, -0.05) is 35.9 Å². The maximum atomic E-state index is 13.4. The van der Waals surface area contributed by atoms with Crippen LogP contribution in [0.1, 0.15) is 5.56 Å². The van der Waals surface area contributed by atoms with Crippen molar-refractivity contribution in [2.75, 3.05) is 7.11 Å². The molecule has 0 saturated carbocycles. The van der Waals surface area contributed by atoms with Crippen LogP contribution in [0.25, 0.3) is 11.3 Å². The van der Waals surface area contributed by atoms with Crippen LogP contribution in [0.3, 0.4) is 0 Å². The van der Waals surface area contributed by atoms with Crippen LogP contribution in [0.5, 0.6) is 5.75 Å². The van der Waals surface area contributed by atoms with Crippen molar-refractivity contribution in [3.8, 4) is 17.0 Å². The number of hydrogen-bond donors (Lipinski definition) is 0. The molecule has 3 aromatic rings. The lowest BCUT2D eigenvalue weighted by molar-refractivity contribution is 0.414. The van der Waals surface area contributed by atoms with Gasteiger partial charge in [-0.3, -0.25) is 4.79 Å². The van der Waals surface area contributed by atoms with E-state index in [-0.39, 0.29) is 16.4 Å². The predicted octanol–water partition coefficient (Wildman–Crippen LogP) is 3.76. The Morgan fingerprint density at radius 3 is 2.62 bits per heavy atom. The Morgan fingerprint density at radius 2 is 1.96 bits per heavy atom. The third-order valence-corrected chi connectivity index (χ3v) is 3.74. The van der Waals surface area contributed by atoms with Crippen LogP contribution in [0.2, 0.25) is 5.15 Å². The van der Waals surface area contributed by atoms with Crippen molar-refractivity contribution in [3.63, 3.8) is 0 Å². The van der Waals surface area contributed by atoms with Gasteiger partial charge >= 0.3 is 0 Å². The Hall–Kier alpha value is -2.66. The van der Waals surface area contributed by atoms with Gasteiger partial charge in [0.25, 0.3) is 5.56 Å². The molecule has 0 atom stereocenters. The van der Waals surface area contributed by atoms with Gasteiger partial charge in [-0.05, 0) is 29.8 Å². The van der Waals surface area contributed by atoms with Crippen molar-refractivity contribution in [1.82, 2.24) is 9.55 Å². The van der Waals surface area contributed by atoms with Gasteiger partial charge in [-0.2, -0.15) is 0 Å². The van der Waals surface area contributed by atoms with Crippen LogP contribution in [-0.2, 0) is 6.54 Å². The topological polar surface area (TPSA) is 44.1 Å². The Balaban J connectivity index is 2.01. The Labute approximate surface area is 143 Å². The zero-order valence-corrected chi connectivity index (χ0v) is 13.6. The molecule has 24 heavy (non-hydrogen) atoms. The minimum absolute atomic E-state index is 0.121. The molecule has 1 aromatic heterocycles. The van der Waals surface area contributed by atoms with Crippen molar-refractivity contribution in [1.29, 1.82) is 0 Å². The van der Waals surface area contributed by atoms with E-state index in [1.165, 1.54) is 29.0 Å². The van der Waals surface area contributed by atoms with Crippen molar-refractivity contribution in [3.05, 3.63) is 81.6 Å². The third-order valence-electron chi connectivity index (χ3n) is 3.55. The van der Waals surface area contributed by atoms with Crippen LogP contribution in [0.4, 0.5) is 4.39 Å². The van der Waals surface area contributed by atoms with Crippen LogP contribution >= 0.6 is 11.6 Å². The number of rotatable bonds is 4. The zero-order chi connectivity index (χ0) is 17.1. The first-order chi connectivity index (χ1) is 11.6. The van der Waals surface area contributed by atoms with Gasteiger partial charge in [-0.15, -0.1) is 0 Å². The number of benzene rings is 2. The molecule has 0 aliphatic carbocycles. The van der Waals surface area contributed by atoms with E-state index in [0.29, 0.717) is 12.1 Å². The maximum absolute atomic E-state index is 13.4. The summed E-state index contributed by atoms with van der Waals surface area (Å²) >= 11 is 6.04. The smallest absolute Gasteiger partial charge is 0.277 e. The van der Waals surface area contributed by atoms with Crippen LogP contribution in [0.15, 0.2) is 59.5 Å². The predicted molar refractivity (Wildman–Crippen MR) is 91.0 cm³/mol. The van der Waals surface area contributed by atoms with E-state index in [4.69, 9.17) is 16.3 Å². The lowest BCUT2D eigenvalue weighted by Gasteiger charge is -2.10. The second-order valence-corrected chi connectivity index (χ2v) is 5.59. The van der Waals surface area contributed by atoms with Gasteiger partial charge in [-0.25, -0.2) is 9.37 Å². The lowest BCUT2D eigenvalue weighted by atomic mass is 10.1. The van der Waals surface area contributed by atoms with Gasteiger partial charge in [0.15, 0.2) is 0 Å². The second-order valence-electron chi connectivity index (χ2n) is 5.20. The van der Waals surface area contributed by atoms with Gasteiger partial charge < -0.3 is 9.30 Å². The molecule has 0 spiro atoms. The summed E-state index contributed by atoms with van der Waals surface area (Å²) in [7, 11) is 1.59. The highest BCUT2D eigenvalue weighted by Gasteiger charge is 2.11. The second kappa shape index (κ2) is 6.84. The molecule has 0 N–H and O–H groups in total. The quantitative estimate of drug-likeness (QED) is 0.724. The molecule has 122 valence electrons. The summed E-state index contributed by atoms with van der Waals surface area (Å²) < 4.78 is 20.0. The van der Waals surface area contributed by atoms with E-state index in [2.05, 4.69) is 4.98 Å². The Morgan fingerprint density at radius 1 is 1.21 bits per heavy atom. The molecule has 0 radical (unpaired) electrons. The average Bonchev–Trinajstić information content (AvgIpc) is 2.58. The molecule has 1 heterocycles. The minimum Gasteiger partial charge on any atom is -0.497 e. The molecule has 3 rings (SSSR count). The lowest BCUT2D eigenvalue weighted by Crippen LogP contribution is -2.23. The fraction of sp³-hybridized carbons (Fsp3) is 0.111. The molecule has 0 bridgehead atoms. The molecule has 0 saturated heterocycles. The summed E-state index contributed by atoms with van der Waals surface area (Å²) in [6.07, 6.45) is 1.47. The van der Waals surface area contributed by atoms with Crippen LogP contribution < -0.4 is 10.3 Å². The Kier molecular flexibility index (Phi) is 4.62. The number of ether oxygens (including phenoxy) is 1. The molecule has 2 aromatic carbocycles. The minimum atomic E-state index is -0.435. The highest BCUT2D eigenvalue weighted by atomic mass is 35.5. The van der Waals surface area contributed by atoms with Crippen molar-refractivity contribution in [2.45, 2.75) is 6.54 Å². The molecule has 6 heteroatoms. The number of nitrogens with zero attached hydrogens (tertiary/aromatic N) is 2. The Bertz CT molecular complexity index is 923. The highest BCUT2D eigenvalue weighted by molar-refractivity contribution is 6.29. The normalized spacial score (nSPS) is 10.6. The standard InChI is InChI=1S/C18H14ClFN2O2/c1-24-15-7-5-12(6-8-15)10-22-11-16(19)21-17(18(22)23)13-3-2-4-14(20)9-13/h2-9,11H,10H2,1H3. The van der Waals surface area contributed by atoms with Crippen molar-refractivity contribution in [2.24, 2.45) is 0 Å². The van der Waals surface area contributed by atoms with Gasteiger partial charge in [0, 0.05) is 11.8 Å². The van der Waals surface area contributed by atoms with Crippen molar-refractivity contribution >= 4 is 11.6 Å². The zero-order valence-electron chi connectivity index (χ0n) is 12.9. The largest absolute Gasteiger partial charge is 0.497 e. The van der Waals surface area contributed by atoms with E-state index < -0.39 is 5.82 Å². The van der Waals surface area contributed by atoms with Crippen LogP contribution in [-0.4, -0.2) is 16.7 Å². The average molecular weight is 345 g/mol. The molecule has 0 aliphatic rings. The number of halogens is 2. The van der Waals surface area contributed by atoms with Crippen molar-refractivity contribution < 1.29 is 9.13 Å². The monoisotopic (exact) mass is 344 g/mol. The van der Waals surface area contributed by atoms with E-state index in [0.717, 1.165) is 11.3 Å². The first kappa shape index (κ1) is 16.2. The van der Waals surface area contributed by atoms with E-state index in [9.17, 15) is 9.18 Å². The molecular weight excluding hydrogens is 331 g/mol. The number of hydrogen-bond acceptors (Lipinski definition) is 3. The fourth-order valence-electron chi connectivity index (χ4n) is 2.38. The van der Waals surface area contributed by atoms with Crippen LogP contribution in [0, 0.1) is 5.82 Å². The highest BCUT2D eigenvalue weighted by Crippen LogP contribution is 2.17. The van der Waals surface area contributed by atoms with E-state index in [1.54, 1.807) is 13.2 Å². The third kappa shape index (κ3) is 3.46. The fourth-order valence-corrected chi connectivity index (χ4v) is 2.58. The molecular formula is C18H14ClFN2O2. The summed E-state index contributed by atoms with van der Waals surface area (Å²) in [5.41, 5.74) is 1.09. The summed E-state index contributed by atoms with van der Waals surface area (Å²) in [4.78, 5) is 16.7. The summed E-state index contributed by atoms with van der Waals surface area (Å²) in [6.45, 7) is 0.327. The molecule has 0 unspecified atom stereocenters. The maximum Gasteiger partial charge on any atom is 0.277 e. The first-order valence-corrected chi connectivity index (χ1v) is 7.60. The molecule has 0 aliphatic heterocycles.